The van der Waals surface area contributed by atoms with Gasteiger partial charge in [-0.25, -0.2) is 0 Å². The third-order valence-corrected chi connectivity index (χ3v) is 2.37. The molecule has 1 heterocycles. The van der Waals surface area contributed by atoms with E-state index in [4.69, 9.17) is 9.47 Å². The Kier molecular flexibility index (Phi) is 2.39. The zero-order valence-corrected chi connectivity index (χ0v) is 8.41. The highest BCUT2D eigenvalue weighted by Gasteiger charge is 2.15. The minimum absolute atomic E-state index is 0.737. The molecular weight excluding hydrogens is 178 g/mol. The van der Waals surface area contributed by atoms with Crippen molar-refractivity contribution in [3.05, 3.63) is 17.7 Å². The van der Waals surface area contributed by atoms with Crippen LogP contribution < -0.4 is 9.47 Å². The monoisotopic (exact) mass is 191 g/mol. The molecule has 0 atom stereocenters. The second-order valence-corrected chi connectivity index (χ2v) is 3.16. The highest BCUT2D eigenvalue weighted by Crippen LogP contribution is 2.41. The SMILES string of the molecule is COc1ccc2c(c1OC)N=CCC2. The molecule has 3 nitrogen and oxygen atoms in total. The molecule has 0 bridgehead atoms. The number of fused-ring (bicyclic) bond motifs is 1. The predicted octanol–water partition coefficient (Wildman–Crippen LogP) is 2.35. The van der Waals surface area contributed by atoms with Crippen LogP contribution in [0.2, 0.25) is 0 Å². The summed E-state index contributed by atoms with van der Waals surface area (Å²) < 4.78 is 10.5. The lowest BCUT2D eigenvalue weighted by Gasteiger charge is -2.15. The average Bonchev–Trinajstić information content (AvgIpc) is 2.27. The molecule has 1 aliphatic heterocycles. The number of ether oxygens (including phenoxy) is 2. The van der Waals surface area contributed by atoms with Crippen LogP contribution in [-0.2, 0) is 6.42 Å². The Balaban J connectivity index is 2.57. The molecule has 0 unspecified atom stereocenters. The summed E-state index contributed by atoms with van der Waals surface area (Å²) in [5, 5.41) is 0. The van der Waals surface area contributed by atoms with Gasteiger partial charge in [0.25, 0.3) is 0 Å². The van der Waals surface area contributed by atoms with Crippen molar-refractivity contribution in [2.75, 3.05) is 14.2 Å². The van der Waals surface area contributed by atoms with Crippen LogP contribution in [0.25, 0.3) is 0 Å². The molecule has 1 aromatic rings. The summed E-state index contributed by atoms with van der Waals surface area (Å²) in [6.45, 7) is 0. The minimum Gasteiger partial charge on any atom is -0.493 e. The summed E-state index contributed by atoms with van der Waals surface area (Å²) >= 11 is 0. The van der Waals surface area contributed by atoms with E-state index in [-0.39, 0.29) is 0 Å². The van der Waals surface area contributed by atoms with Gasteiger partial charge in [-0.2, -0.15) is 0 Å². The first-order chi connectivity index (χ1) is 6.86. The molecule has 0 saturated heterocycles. The van der Waals surface area contributed by atoms with Gasteiger partial charge in [0.2, 0.25) is 0 Å². The minimum atomic E-state index is 0.737. The molecule has 1 aromatic carbocycles. The van der Waals surface area contributed by atoms with Gasteiger partial charge in [-0.1, -0.05) is 6.07 Å². The number of nitrogens with zero attached hydrogens (tertiary/aromatic N) is 1. The molecule has 0 radical (unpaired) electrons. The number of benzene rings is 1. The van der Waals surface area contributed by atoms with Crippen LogP contribution in [0.3, 0.4) is 0 Å². The molecule has 2 rings (SSSR count). The summed E-state index contributed by atoms with van der Waals surface area (Å²) in [4.78, 5) is 4.34. The molecule has 14 heavy (non-hydrogen) atoms. The lowest BCUT2D eigenvalue weighted by atomic mass is 10.0. The standard InChI is InChI=1S/C11H13NO2/c1-13-9-6-5-8-4-3-7-12-10(8)11(9)14-2/h5-7H,3-4H2,1-2H3. The Morgan fingerprint density at radius 3 is 2.79 bits per heavy atom. The van der Waals surface area contributed by atoms with Crippen LogP contribution in [0.15, 0.2) is 17.1 Å². The maximum absolute atomic E-state index is 5.30. The van der Waals surface area contributed by atoms with E-state index in [0.29, 0.717) is 0 Å². The van der Waals surface area contributed by atoms with Crippen molar-refractivity contribution in [2.24, 2.45) is 4.99 Å². The zero-order valence-electron chi connectivity index (χ0n) is 8.41. The van der Waals surface area contributed by atoms with Gasteiger partial charge in [-0.3, -0.25) is 4.99 Å². The van der Waals surface area contributed by atoms with E-state index in [9.17, 15) is 0 Å². The quantitative estimate of drug-likeness (QED) is 0.718. The predicted molar refractivity (Wildman–Crippen MR) is 56.0 cm³/mol. The molecule has 0 fully saturated rings. The number of hydrogen-bond donors (Lipinski definition) is 0. The van der Waals surface area contributed by atoms with Crippen molar-refractivity contribution in [3.8, 4) is 11.5 Å². The van der Waals surface area contributed by atoms with E-state index in [1.165, 1.54) is 5.56 Å². The number of methoxy groups -OCH3 is 2. The van der Waals surface area contributed by atoms with Crippen molar-refractivity contribution < 1.29 is 9.47 Å². The molecule has 0 aromatic heterocycles. The average molecular weight is 191 g/mol. The summed E-state index contributed by atoms with van der Waals surface area (Å²) in [5.41, 5.74) is 2.14. The third kappa shape index (κ3) is 1.35. The number of aliphatic imine (C=N–C) groups is 1. The number of rotatable bonds is 2. The van der Waals surface area contributed by atoms with Crippen molar-refractivity contribution >= 4 is 11.9 Å². The molecular formula is C11H13NO2. The highest BCUT2D eigenvalue weighted by atomic mass is 16.5. The summed E-state index contributed by atoms with van der Waals surface area (Å²) in [6, 6.07) is 3.98. The fourth-order valence-electron chi connectivity index (χ4n) is 1.67. The molecule has 0 aliphatic carbocycles. The largest absolute Gasteiger partial charge is 0.493 e. The lowest BCUT2D eigenvalue weighted by molar-refractivity contribution is 0.355. The third-order valence-electron chi connectivity index (χ3n) is 2.37. The topological polar surface area (TPSA) is 30.8 Å². The van der Waals surface area contributed by atoms with Gasteiger partial charge in [0.05, 0.1) is 14.2 Å². The van der Waals surface area contributed by atoms with Crippen LogP contribution in [0.5, 0.6) is 11.5 Å². The second-order valence-electron chi connectivity index (χ2n) is 3.16. The van der Waals surface area contributed by atoms with E-state index >= 15 is 0 Å². The van der Waals surface area contributed by atoms with Crippen LogP contribution in [-0.4, -0.2) is 20.4 Å². The van der Waals surface area contributed by atoms with Gasteiger partial charge >= 0.3 is 0 Å². The fraction of sp³-hybridized carbons (Fsp3) is 0.364. The van der Waals surface area contributed by atoms with Crippen molar-refractivity contribution in [1.29, 1.82) is 0 Å². The summed E-state index contributed by atoms with van der Waals surface area (Å²) in [6.07, 6.45) is 3.95. The van der Waals surface area contributed by atoms with E-state index in [2.05, 4.69) is 4.99 Å². The Labute approximate surface area is 83.4 Å². The normalized spacial score (nSPS) is 13.6. The van der Waals surface area contributed by atoms with Crippen LogP contribution >= 0.6 is 0 Å². The van der Waals surface area contributed by atoms with Gasteiger partial charge in [-0.15, -0.1) is 0 Å². The van der Waals surface area contributed by atoms with E-state index in [1.807, 2.05) is 18.3 Å². The van der Waals surface area contributed by atoms with Gasteiger partial charge in [0, 0.05) is 6.21 Å². The highest BCUT2D eigenvalue weighted by molar-refractivity contribution is 5.75. The first-order valence-corrected chi connectivity index (χ1v) is 4.63. The molecule has 0 amide bonds. The molecule has 1 aliphatic rings. The molecule has 0 N–H and O–H groups in total. The first-order valence-electron chi connectivity index (χ1n) is 4.63. The summed E-state index contributed by atoms with van der Waals surface area (Å²) in [7, 11) is 3.28. The van der Waals surface area contributed by atoms with Crippen LogP contribution in [0.1, 0.15) is 12.0 Å². The lowest BCUT2D eigenvalue weighted by Crippen LogP contribution is -1.98. The van der Waals surface area contributed by atoms with E-state index in [1.54, 1.807) is 14.2 Å². The smallest absolute Gasteiger partial charge is 0.186 e. The van der Waals surface area contributed by atoms with Gasteiger partial charge in [0.15, 0.2) is 11.5 Å². The van der Waals surface area contributed by atoms with Crippen molar-refractivity contribution in [2.45, 2.75) is 12.8 Å². The molecule has 0 saturated carbocycles. The Morgan fingerprint density at radius 1 is 1.21 bits per heavy atom. The maximum atomic E-state index is 5.30. The number of aryl methyl sites for hydroxylation is 1. The molecule has 0 spiro atoms. The van der Waals surface area contributed by atoms with Gasteiger partial charge in [-0.05, 0) is 24.5 Å². The van der Waals surface area contributed by atoms with Crippen molar-refractivity contribution in [3.63, 3.8) is 0 Å². The molecule has 3 heteroatoms. The van der Waals surface area contributed by atoms with Crippen LogP contribution in [0, 0.1) is 0 Å². The Morgan fingerprint density at radius 2 is 2.07 bits per heavy atom. The van der Waals surface area contributed by atoms with E-state index < -0.39 is 0 Å². The van der Waals surface area contributed by atoms with Crippen molar-refractivity contribution in [1.82, 2.24) is 0 Å². The Bertz CT molecular complexity index is 372. The zero-order chi connectivity index (χ0) is 9.97. The second kappa shape index (κ2) is 3.70. The fourth-order valence-corrected chi connectivity index (χ4v) is 1.67. The summed E-state index contributed by atoms with van der Waals surface area (Å²) in [5.74, 6) is 1.48. The number of hydrogen-bond acceptors (Lipinski definition) is 3. The Hall–Kier alpha value is -1.51. The maximum Gasteiger partial charge on any atom is 0.186 e. The first kappa shape index (κ1) is 9.06. The molecule has 74 valence electrons. The van der Waals surface area contributed by atoms with Crippen LogP contribution in [0.4, 0.5) is 5.69 Å². The van der Waals surface area contributed by atoms with Gasteiger partial charge in [0.1, 0.15) is 5.69 Å². The van der Waals surface area contributed by atoms with E-state index in [0.717, 1.165) is 30.0 Å². The van der Waals surface area contributed by atoms with Gasteiger partial charge < -0.3 is 9.47 Å².